The van der Waals surface area contributed by atoms with Crippen LogP contribution in [0, 0.1) is 31.6 Å². The maximum atomic E-state index is 13.4. The van der Waals surface area contributed by atoms with Gasteiger partial charge in [0.1, 0.15) is 0 Å². The molecule has 1 aliphatic carbocycles. The minimum atomic E-state index is 0.191. The minimum Gasteiger partial charge on any atom is -0.356 e. The molecule has 3 fully saturated rings. The van der Waals surface area contributed by atoms with Gasteiger partial charge in [-0.2, -0.15) is 0 Å². The first-order chi connectivity index (χ1) is 17.5. The van der Waals surface area contributed by atoms with Crippen molar-refractivity contribution >= 4 is 11.8 Å². The lowest BCUT2D eigenvalue weighted by Crippen LogP contribution is -2.36. The molecular weight excluding hydrogens is 446 g/mol. The van der Waals surface area contributed by atoms with Gasteiger partial charge >= 0.3 is 0 Å². The molecule has 0 radical (unpaired) electrons. The van der Waals surface area contributed by atoms with Crippen molar-refractivity contribution in [1.82, 2.24) is 15.1 Å². The van der Waals surface area contributed by atoms with Crippen LogP contribution in [0.1, 0.15) is 71.6 Å². The summed E-state index contributed by atoms with van der Waals surface area (Å²) in [6.07, 6.45) is 6.58. The summed E-state index contributed by atoms with van der Waals surface area (Å²) < 4.78 is 0. The second-order valence-electron chi connectivity index (χ2n) is 11.4. The van der Waals surface area contributed by atoms with Gasteiger partial charge in [0, 0.05) is 50.7 Å². The third kappa shape index (κ3) is 5.51. The van der Waals surface area contributed by atoms with E-state index in [9.17, 15) is 9.59 Å². The molecule has 2 aromatic carbocycles. The smallest absolute Gasteiger partial charge is 0.254 e. The third-order valence-electron chi connectivity index (χ3n) is 8.81. The number of nitrogens with zero attached hydrogens (tertiary/aromatic N) is 2. The van der Waals surface area contributed by atoms with E-state index in [1.54, 1.807) is 0 Å². The van der Waals surface area contributed by atoms with Crippen LogP contribution in [0.2, 0.25) is 0 Å². The van der Waals surface area contributed by atoms with Crippen molar-refractivity contribution in [3.63, 3.8) is 0 Å². The standard InChI is InChI=1S/C31H41N3O2/c1-22-9-8-10-23(2)30(22)31(36)34-20-26-18-33(19-27(26)21-34)28(25-13-4-3-5-14-25)15-16-32-29(35)17-24-11-6-7-12-24/h3-5,8-10,13-14,24,26-28H,6-7,11-12,15-21H2,1-2H3,(H,32,35)/t26?,27?,28-/m0/s1. The highest BCUT2D eigenvalue weighted by Crippen LogP contribution is 2.38. The molecule has 2 aromatic rings. The van der Waals surface area contributed by atoms with Crippen LogP contribution >= 0.6 is 0 Å². The van der Waals surface area contributed by atoms with Gasteiger partial charge in [-0.3, -0.25) is 14.5 Å². The molecule has 2 saturated heterocycles. The number of hydrogen-bond donors (Lipinski definition) is 1. The average Bonchev–Trinajstić information content (AvgIpc) is 3.59. The van der Waals surface area contributed by atoms with Gasteiger partial charge in [-0.25, -0.2) is 0 Å². The molecule has 0 spiro atoms. The van der Waals surface area contributed by atoms with Crippen LogP contribution in [0.3, 0.4) is 0 Å². The maximum Gasteiger partial charge on any atom is 0.254 e. The Morgan fingerprint density at radius 1 is 0.889 bits per heavy atom. The first-order valence-corrected chi connectivity index (χ1v) is 13.9. The monoisotopic (exact) mass is 487 g/mol. The molecule has 5 rings (SSSR count). The van der Waals surface area contributed by atoms with Crippen molar-refractivity contribution in [3.8, 4) is 0 Å². The summed E-state index contributed by atoms with van der Waals surface area (Å²) in [5.41, 5.74) is 4.34. The van der Waals surface area contributed by atoms with E-state index >= 15 is 0 Å². The highest BCUT2D eigenvalue weighted by Gasteiger charge is 2.43. The Labute approximate surface area is 216 Å². The van der Waals surface area contributed by atoms with E-state index in [1.807, 2.05) is 32.0 Å². The highest BCUT2D eigenvalue weighted by molar-refractivity contribution is 5.97. The number of nitrogens with one attached hydrogen (secondary N) is 1. The van der Waals surface area contributed by atoms with Gasteiger partial charge in [-0.1, -0.05) is 61.4 Å². The average molecular weight is 488 g/mol. The van der Waals surface area contributed by atoms with Crippen LogP contribution in [0.5, 0.6) is 0 Å². The van der Waals surface area contributed by atoms with Gasteiger partial charge in [0.05, 0.1) is 0 Å². The Morgan fingerprint density at radius 2 is 1.53 bits per heavy atom. The SMILES string of the molecule is Cc1cccc(C)c1C(=O)N1CC2CN([C@@H](CCNC(=O)CC3CCCC3)c3ccccc3)CC2C1. The molecule has 2 aliphatic heterocycles. The number of hydrogen-bond acceptors (Lipinski definition) is 3. The van der Waals surface area contributed by atoms with Gasteiger partial charge in [0.25, 0.3) is 5.91 Å². The fourth-order valence-corrected chi connectivity index (χ4v) is 6.89. The predicted molar refractivity (Wildman–Crippen MR) is 144 cm³/mol. The second kappa shape index (κ2) is 11.2. The number of carbonyl (C=O) groups is 2. The highest BCUT2D eigenvalue weighted by atomic mass is 16.2. The van der Waals surface area contributed by atoms with Crippen molar-refractivity contribution in [2.75, 3.05) is 32.7 Å². The quantitative estimate of drug-likeness (QED) is 0.561. The molecule has 1 saturated carbocycles. The molecular formula is C31H41N3O2. The van der Waals surface area contributed by atoms with Crippen LogP contribution in [0.4, 0.5) is 0 Å². The number of aryl methyl sites for hydroxylation is 2. The molecule has 5 heteroatoms. The maximum absolute atomic E-state index is 13.4. The predicted octanol–water partition coefficient (Wildman–Crippen LogP) is 5.14. The summed E-state index contributed by atoms with van der Waals surface area (Å²) in [5.74, 6) is 2.02. The lowest BCUT2D eigenvalue weighted by atomic mass is 10.0. The van der Waals surface area contributed by atoms with Crippen molar-refractivity contribution in [3.05, 3.63) is 70.8 Å². The second-order valence-corrected chi connectivity index (χ2v) is 11.4. The van der Waals surface area contributed by atoms with E-state index in [1.165, 1.54) is 31.2 Å². The van der Waals surface area contributed by atoms with Crippen LogP contribution in [0.25, 0.3) is 0 Å². The Hall–Kier alpha value is -2.66. The number of likely N-dealkylation sites (tertiary alicyclic amines) is 2. The first-order valence-electron chi connectivity index (χ1n) is 13.9. The zero-order valence-electron chi connectivity index (χ0n) is 21.9. The third-order valence-corrected chi connectivity index (χ3v) is 8.81. The molecule has 3 atom stereocenters. The van der Waals surface area contributed by atoms with Crippen molar-refractivity contribution < 1.29 is 9.59 Å². The molecule has 0 bridgehead atoms. The van der Waals surface area contributed by atoms with Gasteiger partial charge in [-0.05, 0) is 67.6 Å². The van der Waals surface area contributed by atoms with Gasteiger partial charge < -0.3 is 10.2 Å². The summed E-state index contributed by atoms with van der Waals surface area (Å²) >= 11 is 0. The largest absolute Gasteiger partial charge is 0.356 e. The van der Waals surface area contributed by atoms with E-state index < -0.39 is 0 Å². The van der Waals surface area contributed by atoms with Crippen molar-refractivity contribution in [1.29, 1.82) is 0 Å². The molecule has 1 N–H and O–H groups in total. The molecule has 2 amide bonds. The molecule has 36 heavy (non-hydrogen) atoms. The number of amides is 2. The zero-order valence-corrected chi connectivity index (χ0v) is 21.9. The van der Waals surface area contributed by atoms with E-state index in [4.69, 9.17) is 0 Å². The normalized spacial score (nSPS) is 23.1. The zero-order chi connectivity index (χ0) is 25.1. The Kier molecular flexibility index (Phi) is 7.76. The fraction of sp³-hybridized carbons (Fsp3) is 0.548. The molecule has 5 nitrogen and oxygen atoms in total. The van der Waals surface area contributed by atoms with E-state index in [0.717, 1.165) is 49.3 Å². The van der Waals surface area contributed by atoms with Crippen LogP contribution in [-0.2, 0) is 4.79 Å². The Balaban J connectivity index is 1.19. The number of rotatable bonds is 8. The molecule has 3 aliphatic rings. The number of fused-ring (bicyclic) bond motifs is 1. The van der Waals surface area contributed by atoms with E-state index in [0.29, 0.717) is 36.8 Å². The van der Waals surface area contributed by atoms with Gasteiger partial charge in [-0.15, -0.1) is 0 Å². The molecule has 2 unspecified atom stereocenters. The summed E-state index contributed by atoms with van der Waals surface area (Å²) in [6.45, 7) is 8.49. The first kappa shape index (κ1) is 25.0. The number of carbonyl (C=O) groups excluding carboxylic acids is 2. The van der Waals surface area contributed by atoms with E-state index in [2.05, 4.69) is 45.4 Å². The topological polar surface area (TPSA) is 52.7 Å². The van der Waals surface area contributed by atoms with Crippen molar-refractivity contribution in [2.24, 2.45) is 17.8 Å². The fourth-order valence-electron chi connectivity index (χ4n) is 6.89. The van der Waals surface area contributed by atoms with E-state index in [-0.39, 0.29) is 11.8 Å². The Bertz CT molecular complexity index is 1030. The molecule has 192 valence electrons. The summed E-state index contributed by atoms with van der Waals surface area (Å²) in [5, 5.41) is 3.22. The molecule has 2 heterocycles. The molecule has 0 aromatic heterocycles. The minimum absolute atomic E-state index is 0.191. The summed E-state index contributed by atoms with van der Waals surface area (Å²) in [7, 11) is 0. The van der Waals surface area contributed by atoms with Crippen LogP contribution < -0.4 is 5.32 Å². The lowest BCUT2D eigenvalue weighted by molar-refractivity contribution is -0.122. The van der Waals surface area contributed by atoms with Gasteiger partial charge in [0.2, 0.25) is 5.91 Å². The van der Waals surface area contributed by atoms with Crippen LogP contribution in [-0.4, -0.2) is 54.3 Å². The lowest BCUT2D eigenvalue weighted by Gasteiger charge is -2.30. The summed E-state index contributed by atoms with van der Waals surface area (Å²) in [6, 6.07) is 17.1. The van der Waals surface area contributed by atoms with Gasteiger partial charge in [0.15, 0.2) is 0 Å². The summed E-state index contributed by atoms with van der Waals surface area (Å²) in [4.78, 5) is 30.5. The Morgan fingerprint density at radius 3 is 2.17 bits per heavy atom. The van der Waals surface area contributed by atoms with Crippen molar-refractivity contribution in [2.45, 2.75) is 58.4 Å². The van der Waals surface area contributed by atoms with Crippen LogP contribution in [0.15, 0.2) is 48.5 Å². The number of benzene rings is 2.